The van der Waals surface area contributed by atoms with E-state index < -0.39 is 36.2 Å². The van der Waals surface area contributed by atoms with Gasteiger partial charge in [0.25, 0.3) is 11.9 Å². The van der Waals surface area contributed by atoms with Gasteiger partial charge in [0.1, 0.15) is 0 Å². The van der Waals surface area contributed by atoms with Gasteiger partial charge in [-0.15, -0.1) is 0 Å². The third kappa shape index (κ3) is 16.2. The first-order valence-corrected chi connectivity index (χ1v) is 11.0. The van der Waals surface area contributed by atoms with Gasteiger partial charge in [-0.2, -0.15) is 0 Å². The van der Waals surface area contributed by atoms with Gasteiger partial charge in [-0.1, -0.05) is 0 Å². The van der Waals surface area contributed by atoms with Gasteiger partial charge in [0.2, 0.25) is 0 Å². The minimum atomic E-state index is -0.833. The summed E-state index contributed by atoms with van der Waals surface area (Å²) in [7, 11) is 0. The second kappa shape index (κ2) is 13.7. The molecule has 0 unspecified atom stereocenters. The molecule has 0 bridgehead atoms. The molecular weight excluding hydrogens is 487 g/mol. The zero-order valence-corrected chi connectivity index (χ0v) is 17.0. The Balaban J connectivity index is 0.000000509. The van der Waals surface area contributed by atoms with Crippen molar-refractivity contribution >= 4 is 45.4 Å². The van der Waals surface area contributed by atoms with Crippen molar-refractivity contribution < 1.29 is 19.8 Å². The van der Waals surface area contributed by atoms with Crippen LogP contribution in [-0.2, 0) is 9.59 Å². The van der Waals surface area contributed by atoms with E-state index in [1.807, 2.05) is 0 Å². The van der Waals surface area contributed by atoms with Gasteiger partial charge in [0.15, 0.2) is 0 Å². The van der Waals surface area contributed by atoms with Crippen LogP contribution in [-0.4, -0.2) is 46.4 Å². The fourth-order valence-electron chi connectivity index (χ4n) is 1.33. The van der Waals surface area contributed by atoms with E-state index in [9.17, 15) is 0 Å². The Labute approximate surface area is 148 Å². The fourth-order valence-corrected chi connectivity index (χ4v) is 4.65. The van der Waals surface area contributed by atoms with Gasteiger partial charge in [0.05, 0.1) is 0 Å². The average molecular weight is 508 g/mol. The molecule has 2 radical (unpaired) electrons. The Hall–Kier alpha value is -1.96. The molecule has 0 saturated heterocycles. The molecule has 23 heavy (non-hydrogen) atoms. The SMILES string of the molecule is CC(=O)O.CC(=O)O.[CH](=C\c1ccccc1)/[Pb][c]1ccccc1. The fraction of sp³-hybridized carbons (Fsp3) is 0.111. The van der Waals surface area contributed by atoms with Gasteiger partial charge in [0, 0.05) is 13.8 Å². The normalized spacial score (nSPS) is 9.13. The molecule has 0 aliphatic heterocycles. The molecule has 4 nitrogen and oxygen atoms in total. The second-order valence-corrected chi connectivity index (χ2v) is 8.95. The molecule has 0 aliphatic carbocycles. The van der Waals surface area contributed by atoms with E-state index in [0.29, 0.717) is 0 Å². The summed E-state index contributed by atoms with van der Waals surface area (Å²) in [6.45, 7) is 2.17. The summed E-state index contributed by atoms with van der Waals surface area (Å²) in [5.41, 5.74) is 1.31. The summed E-state index contributed by atoms with van der Waals surface area (Å²) in [5, 5.41) is 14.8. The molecule has 2 N–H and O–H groups in total. The number of carbonyl (C=O) groups is 2. The molecule has 2 aromatic carbocycles. The number of rotatable bonds is 3. The first-order valence-electron chi connectivity index (χ1n) is 6.84. The second-order valence-electron chi connectivity index (χ2n) is 4.29. The summed E-state index contributed by atoms with van der Waals surface area (Å²) in [5.74, 6) is -1.67. The van der Waals surface area contributed by atoms with Crippen molar-refractivity contribution in [3.63, 3.8) is 0 Å². The van der Waals surface area contributed by atoms with Crippen LogP contribution in [0, 0.1) is 0 Å². The van der Waals surface area contributed by atoms with Gasteiger partial charge in [-0.3, -0.25) is 9.59 Å². The van der Waals surface area contributed by atoms with Crippen LogP contribution in [0.2, 0.25) is 0 Å². The monoisotopic (exact) mass is 508 g/mol. The molecule has 5 heteroatoms. The molecule has 120 valence electrons. The number of aliphatic carboxylic acids is 2. The first-order chi connectivity index (χ1) is 10.9. The van der Waals surface area contributed by atoms with E-state index in [-0.39, 0.29) is 0 Å². The van der Waals surface area contributed by atoms with Crippen LogP contribution in [0.3, 0.4) is 0 Å². The minimum absolute atomic E-state index is 0.728. The molecule has 0 atom stereocenters. The molecule has 0 fully saturated rings. The van der Waals surface area contributed by atoms with Gasteiger partial charge < -0.3 is 10.2 Å². The van der Waals surface area contributed by atoms with Crippen molar-refractivity contribution in [2.24, 2.45) is 0 Å². The van der Waals surface area contributed by atoms with Crippen molar-refractivity contribution in [1.29, 1.82) is 0 Å². The summed E-state index contributed by atoms with van der Waals surface area (Å²) >= 11 is -0.728. The Morgan fingerprint density at radius 1 is 0.826 bits per heavy atom. The van der Waals surface area contributed by atoms with Crippen molar-refractivity contribution in [3.05, 3.63) is 69.9 Å². The molecular formula is C18H20O4Pb. The number of hydrogen-bond donors (Lipinski definition) is 2. The average Bonchev–Trinajstić information content (AvgIpc) is 2.48. The van der Waals surface area contributed by atoms with E-state index in [1.165, 1.54) is 5.56 Å². The third-order valence-corrected chi connectivity index (χ3v) is 5.99. The topological polar surface area (TPSA) is 74.6 Å². The van der Waals surface area contributed by atoms with E-state index in [1.54, 1.807) is 3.12 Å². The molecule has 0 heterocycles. The molecule has 2 rings (SSSR count). The Kier molecular flexibility index (Phi) is 12.5. The molecule has 0 aromatic heterocycles. The van der Waals surface area contributed by atoms with Crippen LogP contribution in [0.5, 0.6) is 0 Å². The third-order valence-electron chi connectivity index (χ3n) is 2.10. The number of carboxylic acids is 2. The number of benzene rings is 2. The van der Waals surface area contributed by atoms with E-state index in [2.05, 4.69) is 70.4 Å². The van der Waals surface area contributed by atoms with Gasteiger partial charge in [-0.05, 0) is 0 Å². The molecule has 0 amide bonds. The summed E-state index contributed by atoms with van der Waals surface area (Å²) in [4.78, 5) is 18.0. The van der Waals surface area contributed by atoms with Crippen LogP contribution in [0.4, 0.5) is 0 Å². The summed E-state index contributed by atoms with van der Waals surface area (Å²) in [6, 6.07) is 21.3. The maximum absolute atomic E-state index is 9.00. The van der Waals surface area contributed by atoms with Crippen LogP contribution in [0.15, 0.2) is 64.3 Å². The van der Waals surface area contributed by atoms with Crippen molar-refractivity contribution in [2.45, 2.75) is 13.8 Å². The molecule has 0 aliphatic rings. The Bertz CT molecular complexity index is 575. The summed E-state index contributed by atoms with van der Waals surface area (Å²) in [6.07, 6.45) is 2.25. The summed E-state index contributed by atoms with van der Waals surface area (Å²) < 4.78 is 3.94. The van der Waals surface area contributed by atoms with E-state index >= 15 is 0 Å². The van der Waals surface area contributed by atoms with Gasteiger partial charge >= 0.3 is 103 Å². The molecule has 0 saturated carbocycles. The predicted octanol–water partition coefficient (Wildman–Crippen LogP) is 2.87. The van der Waals surface area contributed by atoms with Crippen molar-refractivity contribution in [1.82, 2.24) is 0 Å². The maximum atomic E-state index is 9.00. The Morgan fingerprint density at radius 3 is 1.65 bits per heavy atom. The number of hydrogen-bond acceptors (Lipinski definition) is 2. The van der Waals surface area contributed by atoms with E-state index in [4.69, 9.17) is 19.8 Å². The van der Waals surface area contributed by atoms with Crippen LogP contribution < -0.4 is 3.12 Å². The van der Waals surface area contributed by atoms with Crippen molar-refractivity contribution in [2.75, 3.05) is 0 Å². The van der Waals surface area contributed by atoms with Gasteiger partial charge in [-0.25, -0.2) is 0 Å². The van der Waals surface area contributed by atoms with Crippen LogP contribution >= 0.6 is 0 Å². The van der Waals surface area contributed by atoms with E-state index in [0.717, 1.165) is 13.8 Å². The number of carboxylic acid groups (broad SMARTS) is 2. The zero-order valence-electron chi connectivity index (χ0n) is 13.1. The zero-order chi connectivity index (χ0) is 17.5. The first kappa shape index (κ1) is 21.0. The quantitative estimate of drug-likeness (QED) is 0.627. The Morgan fingerprint density at radius 2 is 1.22 bits per heavy atom. The standard InChI is InChI=1S/C8H7.C6H5.2C2H4O2.Pb/c1-2-8-6-4-3-5-7-8;1-2-4-6-5-3-1;2*1-2(3)4;/h1-7H;1-5H;2*1H3,(H,3,4);. The molecule has 0 spiro atoms. The van der Waals surface area contributed by atoms with Crippen molar-refractivity contribution in [3.8, 4) is 0 Å². The van der Waals surface area contributed by atoms with Crippen LogP contribution in [0.25, 0.3) is 6.08 Å². The predicted molar refractivity (Wildman–Crippen MR) is 93.9 cm³/mol. The molecule has 2 aromatic rings. The van der Waals surface area contributed by atoms with Crippen LogP contribution in [0.1, 0.15) is 19.4 Å².